The zero-order chi connectivity index (χ0) is 16.0. The van der Waals surface area contributed by atoms with E-state index in [1.165, 1.54) is 30.2 Å². The van der Waals surface area contributed by atoms with Gasteiger partial charge < -0.3 is 0 Å². The lowest BCUT2D eigenvalue weighted by atomic mass is 10.1. The number of nitro groups is 2. The molecule has 0 radical (unpaired) electrons. The number of hydrogen-bond acceptors (Lipinski definition) is 4. The van der Waals surface area contributed by atoms with E-state index in [4.69, 9.17) is 0 Å². The quantitative estimate of drug-likeness (QED) is 0.614. The van der Waals surface area contributed by atoms with E-state index in [-0.39, 0.29) is 0 Å². The van der Waals surface area contributed by atoms with E-state index in [9.17, 15) is 20.2 Å². The van der Waals surface area contributed by atoms with Crippen molar-refractivity contribution in [2.75, 3.05) is 0 Å². The highest BCUT2D eigenvalue weighted by Crippen LogP contribution is 2.29. The molecule has 0 aliphatic heterocycles. The Kier molecular flexibility index (Phi) is 5.54. The molecule has 2 rings (SSSR count). The van der Waals surface area contributed by atoms with Crippen LogP contribution >= 0.6 is 0 Å². The van der Waals surface area contributed by atoms with Gasteiger partial charge >= 0.3 is 11.4 Å². The first-order valence-corrected chi connectivity index (χ1v) is 6.25. The molecule has 0 aromatic heterocycles. The van der Waals surface area contributed by atoms with Crippen molar-refractivity contribution >= 4 is 11.4 Å². The molecule has 0 saturated heterocycles. The minimum Gasteiger partial charge on any atom is -0.258 e. The number of para-hydroxylation sites is 1. The molecule has 110 valence electrons. The SMILES string of the molecule is Cc1cccc([N+](=O)[O-])c1[N+](=O)[O-].Cc1ccccc1C. The Morgan fingerprint density at radius 2 is 1.19 bits per heavy atom. The van der Waals surface area contributed by atoms with Gasteiger partial charge in [-0.15, -0.1) is 0 Å². The maximum absolute atomic E-state index is 10.4. The third-order valence-electron chi connectivity index (χ3n) is 3.02. The molecule has 0 aliphatic rings. The molecule has 0 N–H and O–H groups in total. The Balaban J connectivity index is 0.000000235. The number of aryl methyl sites for hydroxylation is 3. The number of hydrogen-bond donors (Lipinski definition) is 0. The van der Waals surface area contributed by atoms with Crippen LogP contribution in [0, 0.1) is 41.0 Å². The number of nitrogens with zero attached hydrogens (tertiary/aromatic N) is 2. The lowest BCUT2D eigenvalue weighted by molar-refractivity contribution is -0.422. The summed E-state index contributed by atoms with van der Waals surface area (Å²) >= 11 is 0. The van der Waals surface area contributed by atoms with Crippen LogP contribution in [-0.2, 0) is 0 Å². The van der Waals surface area contributed by atoms with Crippen molar-refractivity contribution in [1.29, 1.82) is 0 Å². The van der Waals surface area contributed by atoms with Crippen molar-refractivity contribution in [3.63, 3.8) is 0 Å². The van der Waals surface area contributed by atoms with Crippen molar-refractivity contribution in [2.24, 2.45) is 0 Å². The van der Waals surface area contributed by atoms with E-state index in [0.29, 0.717) is 5.56 Å². The van der Waals surface area contributed by atoms with Crippen LogP contribution in [0.2, 0.25) is 0 Å². The third-order valence-corrected chi connectivity index (χ3v) is 3.02. The van der Waals surface area contributed by atoms with E-state index in [1.54, 1.807) is 0 Å². The van der Waals surface area contributed by atoms with Crippen LogP contribution in [0.15, 0.2) is 42.5 Å². The van der Waals surface area contributed by atoms with E-state index in [2.05, 4.69) is 38.1 Å². The highest BCUT2D eigenvalue weighted by atomic mass is 16.6. The molecule has 2 aromatic rings. The van der Waals surface area contributed by atoms with Crippen LogP contribution < -0.4 is 0 Å². The Morgan fingerprint density at radius 1 is 0.714 bits per heavy atom. The van der Waals surface area contributed by atoms with Crippen molar-refractivity contribution in [1.82, 2.24) is 0 Å². The number of benzene rings is 2. The fourth-order valence-electron chi connectivity index (χ4n) is 1.69. The average Bonchev–Trinajstić information content (AvgIpc) is 2.42. The molecule has 2 aromatic carbocycles. The molecular weight excluding hydrogens is 272 g/mol. The molecule has 6 nitrogen and oxygen atoms in total. The Hall–Kier alpha value is -2.76. The second-order valence-electron chi connectivity index (χ2n) is 4.54. The first kappa shape index (κ1) is 16.3. The molecule has 21 heavy (non-hydrogen) atoms. The average molecular weight is 288 g/mol. The molecule has 0 aliphatic carbocycles. The third kappa shape index (κ3) is 4.38. The van der Waals surface area contributed by atoms with Gasteiger partial charge in [0, 0.05) is 11.6 Å². The highest BCUT2D eigenvalue weighted by Gasteiger charge is 2.25. The van der Waals surface area contributed by atoms with E-state index in [0.717, 1.165) is 6.07 Å². The first-order chi connectivity index (χ1) is 9.84. The maximum Gasteiger partial charge on any atom is 0.348 e. The molecule has 0 fully saturated rings. The summed E-state index contributed by atoms with van der Waals surface area (Å²) in [4.78, 5) is 19.3. The molecule has 0 saturated carbocycles. The summed E-state index contributed by atoms with van der Waals surface area (Å²) in [5.74, 6) is 0. The van der Waals surface area contributed by atoms with Gasteiger partial charge in [-0.1, -0.05) is 36.4 Å². The molecule has 0 bridgehead atoms. The van der Waals surface area contributed by atoms with Crippen molar-refractivity contribution in [2.45, 2.75) is 20.8 Å². The molecule has 6 heteroatoms. The number of rotatable bonds is 2. The minimum atomic E-state index is -0.759. The van der Waals surface area contributed by atoms with Gasteiger partial charge in [-0.25, -0.2) is 0 Å². The summed E-state index contributed by atoms with van der Waals surface area (Å²) in [6.45, 7) is 5.70. The smallest absolute Gasteiger partial charge is 0.258 e. The second-order valence-corrected chi connectivity index (χ2v) is 4.54. The molecule has 0 amide bonds. The van der Waals surface area contributed by atoms with Crippen molar-refractivity contribution in [3.8, 4) is 0 Å². The van der Waals surface area contributed by atoms with E-state index >= 15 is 0 Å². The van der Waals surface area contributed by atoms with Gasteiger partial charge in [0.1, 0.15) is 0 Å². The predicted molar refractivity (Wildman–Crippen MR) is 80.4 cm³/mol. The highest BCUT2D eigenvalue weighted by molar-refractivity contribution is 5.56. The van der Waals surface area contributed by atoms with E-state index < -0.39 is 21.2 Å². The first-order valence-electron chi connectivity index (χ1n) is 6.25. The summed E-state index contributed by atoms with van der Waals surface area (Å²) in [5, 5.41) is 20.8. The Morgan fingerprint density at radius 3 is 1.52 bits per heavy atom. The van der Waals surface area contributed by atoms with Crippen LogP contribution in [0.3, 0.4) is 0 Å². The summed E-state index contributed by atoms with van der Waals surface area (Å²) in [7, 11) is 0. The lowest BCUT2D eigenvalue weighted by Crippen LogP contribution is -1.98. The van der Waals surface area contributed by atoms with Crippen LogP contribution in [0.25, 0.3) is 0 Å². The molecule has 0 spiro atoms. The van der Waals surface area contributed by atoms with E-state index in [1.807, 2.05) is 0 Å². The molecule has 0 atom stereocenters. The summed E-state index contributed by atoms with van der Waals surface area (Å²) in [6.07, 6.45) is 0. The summed E-state index contributed by atoms with van der Waals surface area (Å²) in [6, 6.07) is 12.4. The zero-order valence-corrected chi connectivity index (χ0v) is 12.1. The fourth-order valence-corrected chi connectivity index (χ4v) is 1.69. The topological polar surface area (TPSA) is 86.3 Å². The largest absolute Gasteiger partial charge is 0.348 e. The normalized spacial score (nSPS) is 9.48. The van der Waals surface area contributed by atoms with Gasteiger partial charge in [0.2, 0.25) is 0 Å². The Bertz CT molecular complexity index is 647. The fraction of sp³-hybridized carbons (Fsp3) is 0.200. The predicted octanol–water partition coefficient (Wildman–Crippen LogP) is 4.11. The number of nitro benzene ring substituents is 2. The second kappa shape index (κ2) is 7.14. The minimum absolute atomic E-state index is 0.291. The molecule has 0 heterocycles. The van der Waals surface area contributed by atoms with Crippen molar-refractivity contribution < 1.29 is 9.85 Å². The van der Waals surface area contributed by atoms with Crippen molar-refractivity contribution in [3.05, 3.63) is 79.4 Å². The van der Waals surface area contributed by atoms with Crippen LogP contribution in [0.5, 0.6) is 0 Å². The van der Waals surface area contributed by atoms with Gasteiger partial charge in [0.05, 0.1) is 9.85 Å². The summed E-state index contributed by atoms with van der Waals surface area (Å²) in [5.41, 5.74) is 2.12. The monoisotopic (exact) mass is 288 g/mol. The van der Waals surface area contributed by atoms with Crippen LogP contribution in [0.1, 0.15) is 16.7 Å². The van der Waals surface area contributed by atoms with Gasteiger partial charge in [-0.05, 0) is 31.9 Å². The summed E-state index contributed by atoms with van der Waals surface area (Å²) < 4.78 is 0. The molecule has 0 unspecified atom stereocenters. The van der Waals surface area contributed by atoms with Crippen LogP contribution in [-0.4, -0.2) is 9.85 Å². The Labute approximate surface area is 122 Å². The standard InChI is InChI=1S/C8H10.C7H6N2O4/c1-7-5-3-4-6-8(7)2;1-5-3-2-4-6(8(10)11)7(5)9(12)13/h3-6H,1-2H3;2-4H,1H3. The van der Waals surface area contributed by atoms with Gasteiger partial charge in [-0.3, -0.25) is 20.2 Å². The molecular formula is C15H16N2O4. The van der Waals surface area contributed by atoms with Crippen LogP contribution in [0.4, 0.5) is 11.4 Å². The van der Waals surface area contributed by atoms with Gasteiger partial charge in [-0.2, -0.15) is 0 Å². The maximum atomic E-state index is 10.4. The van der Waals surface area contributed by atoms with Gasteiger partial charge in [0.15, 0.2) is 0 Å². The zero-order valence-electron chi connectivity index (χ0n) is 12.1. The van der Waals surface area contributed by atoms with Gasteiger partial charge in [0.25, 0.3) is 0 Å². The lowest BCUT2D eigenvalue weighted by Gasteiger charge is -1.96.